The normalized spacial score (nSPS) is 19.1. The van der Waals surface area contributed by atoms with Crippen LogP contribution in [0.5, 0.6) is 11.5 Å². The van der Waals surface area contributed by atoms with Crippen molar-refractivity contribution in [1.82, 2.24) is 29.1 Å². The molecular formula is C25H30N7O13PS. The highest BCUT2D eigenvalue weighted by Gasteiger charge is 2.40. The standard InChI is InChI=1S/C25H30N7O13PS/c1-12(2)42-25(37)40-11-47-46(38,45-19-14(7-33)44-23(20(19)39-3)31-5-4-16(35)30-24(31)36)41-8-15-13(34)6-17(43-15)32-10-29-18-21(26)27-9-28-22(18)32/h4-5,9-10,12-13,15,17,33-34H,6-8,11H2,1-3H3,(H2,26,27,28)(H,30,35,36)/t13?,15-,17-,46-/m1/s1. The number of nitrogen functional groups attached to an aromatic ring is 1. The van der Waals surface area contributed by atoms with E-state index < -0.39 is 73.6 Å². The minimum absolute atomic E-state index is 0.0767. The number of carbonyl (C=O) groups excluding carboxylic acids is 1. The summed E-state index contributed by atoms with van der Waals surface area (Å²) >= 11 is 0.419. The highest BCUT2D eigenvalue weighted by molar-refractivity contribution is 8.55. The molecule has 1 unspecified atom stereocenters. The molecule has 254 valence electrons. The number of aromatic nitrogens is 6. The van der Waals surface area contributed by atoms with Crippen LogP contribution in [0.25, 0.3) is 17.0 Å². The van der Waals surface area contributed by atoms with Gasteiger partial charge in [0.2, 0.25) is 11.5 Å². The number of methoxy groups -OCH3 is 1. The third kappa shape index (κ3) is 7.45. The molecule has 0 aliphatic carbocycles. The van der Waals surface area contributed by atoms with Crippen LogP contribution >= 0.6 is 18.2 Å². The highest BCUT2D eigenvalue weighted by atomic mass is 32.7. The molecule has 0 radical (unpaired) electrons. The monoisotopic (exact) mass is 699 g/mol. The minimum atomic E-state index is -4.47. The fraction of sp³-hybridized carbons (Fsp3) is 0.440. The van der Waals surface area contributed by atoms with Crippen molar-refractivity contribution in [2.24, 2.45) is 0 Å². The molecule has 1 saturated heterocycles. The smallest absolute Gasteiger partial charge is 0.488 e. The number of hydrogen-bond acceptors (Lipinski definition) is 18. The van der Waals surface area contributed by atoms with E-state index in [1.165, 1.54) is 19.8 Å². The Hall–Kier alpha value is -4.40. The van der Waals surface area contributed by atoms with Crippen molar-refractivity contribution in [3.8, 4) is 17.4 Å². The summed E-state index contributed by atoms with van der Waals surface area (Å²) in [6.07, 6.45) is -0.594. The topological polar surface area (TPSA) is 268 Å². The Balaban J connectivity index is 1.39. The molecule has 5 heterocycles. The van der Waals surface area contributed by atoms with Gasteiger partial charge in [0, 0.05) is 30.1 Å². The SMILES string of the molecule is COc1c(-n2ccc(=O)[nH]c2=O)oc(CO)c1O[P@@](=O)(OC[C@H]1O[C@@H](n2cnc3c(N)ncnc32)CC1O)SCOC(=O)OC(C)C. The zero-order valence-corrected chi connectivity index (χ0v) is 26.7. The molecule has 4 atom stereocenters. The van der Waals surface area contributed by atoms with Crippen LogP contribution in [0.15, 0.2) is 38.9 Å². The average Bonchev–Trinajstić information content (AvgIpc) is 3.71. The summed E-state index contributed by atoms with van der Waals surface area (Å²) in [6.45, 7) is -2.58. The first-order valence-corrected chi connectivity index (χ1v) is 16.9. The number of furan rings is 1. The number of imidazole rings is 1. The number of aliphatic hydroxyl groups is 2. The lowest BCUT2D eigenvalue weighted by Gasteiger charge is -2.21. The third-order valence-electron chi connectivity index (χ3n) is 6.49. The molecule has 1 aliphatic rings. The Bertz CT molecular complexity index is 1910. The number of fused-ring (bicyclic) bond motifs is 1. The fourth-order valence-corrected chi connectivity index (χ4v) is 6.92. The maximum Gasteiger partial charge on any atom is 0.509 e. The van der Waals surface area contributed by atoms with Gasteiger partial charge in [-0.1, -0.05) is 0 Å². The molecule has 0 aromatic carbocycles. The van der Waals surface area contributed by atoms with Gasteiger partial charge in [-0.2, -0.15) is 0 Å². The summed E-state index contributed by atoms with van der Waals surface area (Å²) in [5.74, 6) is -1.79. The molecule has 20 nitrogen and oxygen atoms in total. The van der Waals surface area contributed by atoms with Crippen LogP contribution < -0.4 is 26.2 Å². The van der Waals surface area contributed by atoms with Crippen molar-refractivity contribution in [3.63, 3.8) is 0 Å². The summed E-state index contributed by atoms with van der Waals surface area (Å²) in [6, 6.07) is 1.04. The van der Waals surface area contributed by atoms with Gasteiger partial charge in [0.05, 0.1) is 32.3 Å². The number of carbonyl (C=O) groups is 1. The van der Waals surface area contributed by atoms with E-state index in [0.717, 1.165) is 16.8 Å². The van der Waals surface area contributed by atoms with E-state index in [1.807, 2.05) is 4.98 Å². The van der Waals surface area contributed by atoms with E-state index >= 15 is 0 Å². The molecule has 1 aliphatic heterocycles. The van der Waals surface area contributed by atoms with Gasteiger partial charge in [0.15, 0.2) is 23.2 Å². The first-order chi connectivity index (χ1) is 22.4. The van der Waals surface area contributed by atoms with Gasteiger partial charge in [-0.15, -0.1) is 0 Å². The molecule has 5 rings (SSSR count). The minimum Gasteiger partial charge on any atom is -0.488 e. The lowest BCUT2D eigenvalue weighted by molar-refractivity contribution is -0.0386. The van der Waals surface area contributed by atoms with Crippen molar-refractivity contribution in [2.45, 2.75) is 51.4 Å². The van der Waals surface area contributed by atoms with Crippen LogP contribution in [-0.4, -0.2) is 83.4 Å². The molecule has 47 heavy (non-hydrogen) atoms. The molecule has 0 spiro atoms. The van der Waals surface area contributed by atoms with E-state index in [0.29, 0.717) is 22.5 Å². The Morgan fingerprint density at radius 2 is 2.06 bits per heavy atom. The van der Waals surface area contributed by atoms with Crippen molar-refractivity contribution >= 4 is 41.3 Å². The fourth-order valence-electron chi connectivity index (χ4n) is 4.39. The molecule has 22 heteroatoms. The number of nitrogens with zero attached hydrogens (tertiary/aromatic N) is 5. The zero-order valence-electron chi connectivity index (χ0n) is 25.0. The maximum atomic E-state index is 14.2. The van der Waals surface area contributed by atoms with E-state index in [2.05, 4.69) is 15.0 Å². The highest BCUT2D eigenvalue weighted by Crippen LogP contribution is 2.62. The van der Waals surface area contributed by atoms with Gasteiger partial charge < -0.3 is 43.8 Å². The van der Waals surface area contributed by atoms with Gasteiger partial charge in [-0.3, -0.25) is 18.9 Å². The Kier molecular flexibility index (Phi) is 10.2. The predicted molar refractivity (Wildman–Crippen MR) is 161 cm³/mol. The van der Waals surface area contributed by atoms with Crippen molar-refractivity contribution < 1.29 is 52.0 Å². The molecule has 0 bridgehead atoms. The van der Waals surface area contributed by atoms with Gasteiger partial charge in [0.25, 0.3) is 11.4 Å². The molecule has 1 fully saturated rings. The van der Waals surface area contributed by atoms with Gasteiger partial charge in [-0.25, -0.2) is 33.7 Å². The Morgan fingerprint density at radius 3 is 2.77 bits per heavy atom. The molecule has 4 aromatic rings. The maximum absolute atomic E-state index is 14.2. The van der Waals surface area contributed by atoms with Gasteiger partial charge in [-0.05, 0) is 13.8 Å². The molecule has 4 aromatic heterocycles. The molecular weight excluding hydrogens is 669 g/mol. The number of nitrogens with one attached hydrogen (secondary N) is 1. The lowest BCUT2D eigenvalue weighted by atomic mass is 10.2. The van der Waals surface area contributed by atoms with Crippen LogP contribution in [0.2, 0.25) is 0 Å². The van der Waals surface area contributed by atoms with Crippen molar-refractivity contribution in [2.75, 3.05) is 25.4 Å². The number of hydrogen-bond donors (Lipinski definition) is 4. The number of H-pyrrole nitrogens is 1. The average molecular weight is 700 g/mol. The summed E-state index contributed by atoms with van der Waals surface area (Å²) in [5, 5.41) is 20.8. The number of anilines is 1. The second-order valence-corrected chi connectivity index (χ2v) is 13.9. The molecule has 0 amide bonds. The second-order valence-electron chi connectivity index (χ2n) is 9.99. The van der Waals surface area contributed by atoms with Crippen molar-refractivity contribution in [3.05, 3.63) is 51.5 Å². The van der Waals surface area contributed by atoms with E-state index in [4.69, 9.17) is 38.1 Å². The quantitative estimate of drug-likeness (QED) is 0.0873. The van der Waals surface area contributed by atoms with Crippen LogP contribution in [0.3, 0.4) is 0 Å². The Labute approximate surface area is 268 Å². The summed E-state index contributed by atoms with van der Waals surface area (Å²) in [5.41, 5.74) is 4.98. The first kappa shape index (κ1) is 33.9. The second kappa shape index (κ2) is 14.2. The lowest BCUT2D eigenvalue weighted by Crippen LogP contribution is -2.27. The summed E-state index contributed by atoms with van der Waals surface area (Å²) < 4.78 is 54.8. The first-order valence-electron chi connectivity index (χ1n) is 13.7. The number of aliphatic hydroxyl groups excluding tert-OH is 2. The number of ether oxygens (including phenoxy) is 4. The molecule has 5 N–H and O–H groups in total. The van der Waals surface area contributed by atoms with Crippen molar-refractivity contribution in [1.29, 1.82) is 0 Å². The van der Waals surface area contributed by atoms with Gasteiger partial charge in [0.1, 0.15) is 30.8 Å². The van der Waals surface area contributed by atoms with Crippen LogP contribution in [0.1, 0.15) is 32.3 Å². The molecule has 0 saturated carbocycles. The predicted octanol–water partition coefficient (Wildman–Crippen LogP) is 1.45. The van der Waals surface area contributed by atoms with Crippen LogP contribution in [0.4, 0.5) is 10.6 Å². The van der Waals surface area contributed by atoms with E-state index in [-0.39, 0.29) is 29.6 Å². The summed E-state index contributed by atoms with van der Waals surface area (Å²) in [4.78, 5) is 50.3. The number of nitrogens with two attached hydrogens (primary N) is 1. The zero-order chi connectivity index (χ0) is 33.9. The summed E-state index contributed by atoms with van der Waals surface area (Å²) in [7, 11) is 1.18. The third-order valence-corrected chi connectivity index (χ3v) is 9.70. The van der Waals surface area contributed by atoms with E-state index in [9.17, 15) is 29.2 Å². The van der Waals surface area contributed by atoms with Gasteiger partial charge >= 0.3 is 18.6 Å². The number of rotatable bonds is 13. The van der Waals surface area contributed by atoms with Crippen LogP contribution in [0, 0.1) is 0 Å². The largest absolute Gasteiger partial charge is 0.509 e. The number of aromatic amines is 1. The Morgan fingerprint density at radius 1 is 1.28 bits per heavy atom. The van der Waals surface area contributed by atoms with Crippen LogP contribution in [-0.2, 0) is 29.9 Å². The van der Waals surface area contributed by atoms with E-state index in [1.54, 1.807) is 18.4 Å².